The van der Waals surface area contributed by atoms with Crippen molar-refractivity contribution in [2.24, 2.45) is 16.8 Å². The van der Waals surface area contributed by atoms with E-state index in [0.29, 0.717) is 6.04 Å². The van der Waals surface area contributed by atoms with Crippen molar-refractivity contribution < 1.29 is 0 Å². The van der Waals surface area contributed by atoms with Gasteiger partial charge in [-0.25, -0.2) is 0 Å². The van der Waals surface area contributed by atoms with Gasteiger partial charge in [0.1, 0.15) is 0 Å². The summed E-state index contributed by atoms with van der Waals surface area (Å²) >= 11 is 0. The van der Waals surface area contributed by atoms with Gasteiger partial charge in [0, 0.05) is 32.7 Å². The summed E-state index contributed by atoms with van der Waals surface area (Å²) in [4.78, 5) is 6.90. The van der Waals surface area contributed by atoms with Crippen LogP contribution < -0.4 is 10.6 Å². The average molecular weight is 266 g/mol. The van der Waals surface area contributed by atoms with Crippen molar-refractivity contribution >= 4 is 5.96 Å². The molecule has 1 atom stereocenters. The van der Waals surface area contributed by atoms with Gasteiger partial charge < -0.3 is 15.5 Å². The topological polar surface area (TPSA) is 39.7 Å². The van der Waals surface area contributed by atoms with Crippen LogP contribution in [0.5, 0.6) is 0 Å². The van der Waals surface area contributed by atoms with Crippen LogP contribution in [-0.4, -0.2) is 50.1 Å². The van der Waals surface area contributed by atoms with Crippen molar-refractivity contribution in [1.29, 1.82) is 0 Å². The molecule has 1 unspecified atom stereocenters. The summed E-state index contributed by atoms with van der Waals surface area (Å²) in [5, 5.41) is 6.92. The third-order valence-corrected chi connectivity index (χ3v) is 4.32. The highest BCUT2D eigenvalue weighted by molar-refractivity contribution is 5.79. The van der Waals surface area contributed by atoms with E-state index in [-0.39, 0.29) is 0 Å². The third-order valence-electron chi connectivity index (χ3n) is 4.32. The summed E-state index contributed by atoms with van der Waals surface area (Å²) in [6.07, 6.45) is 5.44. The lowest BCUT2D eigenvalue weighted by molar-refractivity contribution is 0.141. The second-order valence-electron chi connectivity index (χ2n) is 6.37. The van der Waals surface area contributed by atoms with Crippen LogP contribution in [0.3, 0.4) is 0 Å². The highest BCUT2D eigenvalue weighted by Gasteiger charge is 2.23. The molecule has 0 aromatic heterocycles. The van der Waals surface area contributed by atoms with Gasteiger partial charge in [0.25, 0.3) is 0 Å². The number of hydrogen-bond donors (Lipinski definition) is 2. The van der Waals surface area contributed by atoms with E-state index in [9.17, 15) is 0 Å². The number of likely N-dealkylation sites (tertiary alicyclic amines) is 1. The zero-order valence-electron chi connectivity index (χ0n) is 12.8. The monoisotopic (exact) mass is 266 g/mol. The van der Waals surface area contributed by atoms with Gasteiger partial charge in [-0.1, -0.05) is 0 Å². The van der Waals surface area contributed by atoms with E-state index in [1.54, 1.807) is 0 Å². The van der Waals surface area contributed by atoms with E-state index in [1.807, 2.05) is 7.05 Å². The molecule has 0 aromatic carbocycles. The molecule has 2 aliphatic rings. The zero-order valence-corrected chi connectivity index (χ0v) is 12.8. The van der Waals surface area contributed by atoms with Gasteiger partial charge in [-0.15, -0.1) is 0 Å². The van der Waals surface area contributed by atoms with E-state index in [2.05, 4.69) is 34.4 Å². The molecule has 110 valence electrons. The average Bonchev–Trinajstić information content (AvgIpc) is 3.23. The normalized spacial score (nSPS) is 25.7. The van der Waals surface area contributed by atoms with Crippen LogP contribution in [0.15, 0.2) is 4.99 Å². The molecule has 0 amide bonds. The summed E-state index contributed by atoms with van der Waals surface area (Å²) in [5.74, 6) is 2.63. The minimum Gasteiger partial charge on any atom is -0.356 e. The van der Waals surface area contributed by atoms with Gasteiger partial charge in [-0.2, -0.15) is 0 Å². The molecular weight excluding hydrogens is 236 g/mol. The lowest BCUT2D eigenvalue weighted by Crippen LogP contribution is -2.46. The molecule has 0 spiro atoms. The highest BCUT2D eigenvalue weighted by atomic mass is 15.2. The van der Waals surface area contributed by atoms with E-state index in [0.717, 1.165) is 30.9 Å². The largest absolute Gasteiger partial charge is 0.356 e. The fourth-order valence-corrected chi connectivity index (χ4v) is 2.76. The molecule has 19 heavy (non-hydrogen) atoms. The van der Waals surface area contributed by atoms with Crippen molar-refractivity contribution in [3.63, 3.8) is 0 Å². The summed E-state index contributed by atoms with van der Waals surface area (Å²) < 4.78 is 0. The van der Waals surface area contributed by atoms with Crippen LogP contribution in [-0.2, 0) is 0 Å². The number of nitrogens with one attached hydrogen (secondary N) is 2. The van der Waals surface area contributed by atoms with Crippen LogP contribution in [0.4, 0.5) is 0 Å². The maximum absolute atomic E-state index is 4.31. The van der Waals surface area contributed by atoms with Crippen molar-refractivity contribution in [2.75, 3.05) is 33.2 Å². The van der Waals surface area contributed by atoms with Crippen LogP contribution in [0.25, 0.3) is 0 Å². The Kier molecular flexibility index (Phi) is 5.49. The first-order valence-electron chi connectivity index (χ1n) is 7.87. The molecule has 1 saturated heterocycles. The van der Waals surface area contributed by atoms with Crippen molar-refractivity contribution in [1.82, 2.24) is 15.5 Å². The van der Waals surface area contributed by atoms with Gasteiger partial charge in [-0.05, 0) is 57.9 Å². The van der Waals surface area contributed by atoms with Crippen LogP contribution in [0.2, 0.25) is 0 Å². The highest BCUT2D eigenvalue weighted by Crippen LogP contribution is 2.27. The van der Waals surface area contributed by atoms with Crippen LogP contribution in [0.1, 0.15) is 39.5 Å². The van der Waals surface area contributed by atoms with Gasteiger partial charge in [0.2, 0.25) is 0 Å². The Bertz CT molecular complexity index is 297. The molecule has 0 bridgehead atoms. The Balaban J connectivity index is 1.67. The molecule has 0 radical (unpaired) electrons. The lowest BCUT2D eigenvalue weighted by atomic mass is 9.97. The molecule has 1 aliphatic carbocycles. The van der Waals surface area contributed by atoms with Gasteiger partial charge in [0.15, 0.2) is 5.96 Å². The Morgan fingerprint density at radius 3 is 2.42 bits per heavy atom. The van der Waals surface area contributed by atoms with Crippen molar-refractivity contribution in [3.05, 3.63) is 0 Å². The van der Waals surface area contributed by atoms with E-state index in [1.165, 1.54) is 38.8 Å². The summed E-state index contributed by atoms with van der Waals surface area (Å²) in [6, 6.07) is 0.676. The quantitative estimate of drug-likeness (QED) is 0.587. The molecular formula is C15H30N4. The Labute approximate surface area is 118 Å². The molecule has 4 nitrogen and oxygen atoms in total. The van der Waals surface area contributed by atoms with Crippen molar-refractivity contribution in [2.45, 2.75) is 45.6 Å². The number of hydrogen-bond acceptors (Lipinski definition) is 2. The Morgan fingerprint density at radius 2 is 1.84 bits per heavy atom. The summed E-state index contributed by atoms with van der Waals surface area (Å²) in [5.41, 5.74) is 0. The first-order valence-corrected chi connectivity index (χ1v) is 7.87. The van der Waals surface area contributed by atoms with Crippen molar-refractivity contribution in [3.8, 4) is 0 Å². The molecule has 1 aliphatic heterocycles. The van der Waals surface area contributed by atoms with E-state index in [4.69, 9.17) is 0 Å². The Morgan fingerprint density at radius 1 is 1.16 bits per heavy atom. The predicted octanol–water partition coefficient (Wildman–Crippen LogP) is 1.68. The van der Waals surface area contributed by atoms with Gasteiger partial charge in [0.05, 0.1) is 0 Å². The molecule has 2 N–H and O–H groups in total. The first-order chi connectivity index (χ1) is 9.19. The Hall–Kier alpha value is -0.770. The fourth-order valence-electron chi connectivity index (χ4n) is 2.76. The first kappa shape index (κ1) is 14.6. The summed E-state index contributed by atoms with van der Waals surface area (Å²) in [7, 11) is 1.86. The molecule has 0 aromatic rings. The molecule has 4 heteroatoms. The van der Waals surface area contributed by atoms with E-state index >= 15 is 0 Å². The standard InChI is InChI=1S/C15H30N4/c1-12(2)19-8-4-5-14(11-19)10-18-15(16-3)17-9-13-6-7-13/h12-14H,4-11H2,1-3H3,(H2,16,17,18). The van der Waals surface area contributed by atoms with Gasteiger partial charge >= 0.3 is 0 Å². The van der Waals surface area contributed by atoms with Gasteiger partial charge in [-0.3, -0.25) is 4.99 Å². The minimum atomic E-state index is 0.676. The number of piperidine rings is 1. The lowest BCUT2D eigenvalue weighted by Gasteiger charge is -2.35. The molecule has 2 rings (SSSR count). The predicted molar refractivity (Wildman–Crippen MR) is 81.5 cm³/mol. The van der Waals surface area contributed by atoms with Crippen LogP contribution in [0, 0.1) is 11.8 Å². The third kappa shape index (κ3) is 5.01. The number of rotatable bonds is 5. The number of aliphatic imine (C=N–C) groups is 1. The zero-order chi connectivity index (χ0) is 13.7. The van der Waals surface area contributed by atoms with E-state index < -0.39 is 0 Å². The minimum absolute atomic E-state index is 0.676. The second kappa shape index (κ2) is 7.13. The maximum Gasteiger partial charge on any atom is 0.190 e. The molecule has 2 fully saturated rings. The van der Waals surface area contributed by atoms with Crippen LogP contribution >= 0.6 is 0 Å². The molecule has 1 saturated carbocycles. The SMILES string of the molecule is CN=C(NCC1CC1)NCC1CCCN(C(C)C)C1. The smallest absolute Gasteiger partial charge is 0.190 e. The molecule has 1 heterocycles. The summed E-state index contributed by atoms with van der Waals surface area (Å²) in [6.45, 7) is 9.22. The fraction of sp³-hybridized carbons (Fsp3) is 0.933. The maximum atomic E-state index is 4.31. The number of guanidine groups is 1. The second-order valence-corrected chi connectivity index (χ2v) is 6.37. The number of nitrogens with zero attached hydrogens (tertiary/aromatic N) is 2.